The monoisotopic (exact) mass is 423 g/mol. The molecule has 4 aromatic rings. The molecule has 160 valence electrons. The van der Waals surface area contributed by atoms with Crippen LogP contribution in [0.5, 0.6) is 0 Å². The lowest BCUT2D eigenvalue weighted by Gasteiger charge is -2.14. The Hall–Kier alpha value is -4.19. The first-order chi connectivity index (χ1) is 15.5. The Morgan fingerprint density at radius 2 is 1.31 bits per heavy atom. The van der Waals surface area contributed by atoms with Gasteiger partial charge in [-0.3, -0.25) is 5.32 Å². The van der Waals surface area contributed by atoms with Gasteiger partial charge in [0.2, 0.25) is 0 Å². The number of aryl methyl sites for hydroxylation is 3. The van der Waals surface area contributed by atoms with Crippen LogP contribution in [-0.4, -0.2) is 16.0 Å². The minimum atomic E-state index is -0.328. The summed E-state index contributed by atoms with van der Waals surface area (Å²) in [5.74, 6) is 1.21. The number of aromatic nitrogens is 2. The quantitative estimate of drug-likeness (QED) is 0.344. The number of anilines is 4. The molecule has 4 rings (SSSR count). The molecule has 0 saturated heterocycles. The number of pyridine rings is 2. The van der Waals surface area contributed by atoms with E-state index in [2.05, 4.69) is 25.9 Å². The van der Waals surface area contributed by atoms with Crippen molar-refractivity contribution in [2.24, 2.45) is 0 Å². The predicted octanol–water partition coefficient (Wildman–Crippen LogP) is 6.46. The highest BCUT2D eigenvalue weighted by molar-refractivity contribution is 6.00. The molecule has 6 nitrogen and oxygen atoms in total. The molecule has 0 atom stereocenters. The van der Waals surface area contributed by atoms with Crippen LogP contribution < -0.4 is 16.0 Å². The van der Waals surface area contributed by atoms with Crippen molar-refractivity contribution in [1.29, 1.82) is 0 Å². The number of rotatable bonds is 5. The van der Waals surface area contributed by atoms with Crippen LogP contribution in [0.25, 0.3) is 11.1 Å². The number of nitrogens with one attached hydrogen (secondary N) is 3. The van der Waals surface area contributed by atoms with Crippen LogP contribution >= 0.6 is 0 Å². The molecule has 0 spiro atoms. The Morgan fingerprint density at radius 3 is 1.97 bits per heavy atom. The maximum absolute atomic E-state index is 12.6. The summed E-state index contributed by atoms with van der Waals surface area (Å²) in [6.07, 6.45) is 3.43. The molecule has 2 heterocycles. The molecule has 0 aliphatic rings. The summed E-state index contributed by atoms with van der Waals surface area (Å²) in [5.41, 5.74) is 6.89. The van der Waals surface area contributed by atoms with E-state index in [0.29, 0.717) is 5.82 Å². The van der Waals surface area contributed by atoms with Crippen molar-refractivity contribution in [3.63, 3.8) is 0 Å². The third kappa shape index (κ3) is 5.10. The zero-order chi connectivity index (χ0) is 22.5. The van der Waals surface area contributed by atoms with Crippen LogP contribution in [0.3, 0.4) is 0 Å². The molecule has 2 aromatic heterocycles. The van der Waals surface area contributed by atoms with Crippen molar-refractivity contribution in [3.8, 4) is 11.1 Å². The van der Waals surface area contributed by atoms with Gasteiger partial charge >= 0.3 is 6.03 Å². The van der Waals surface area contributed by atoms with Gasteiger partial charge in [-0.05, 0) is 79.4 Å². The van der Waals surface area contributed by atoms with E-state index in [0.717, 1.165) is 39.4 Å². The standard InChI is InChI=1S/C26H25N5O/c1-17-13-18(2)25(19(3)14-17)31-26(32)30-24-16-21(10-12-28-24)20-9-11-27-23(15-20)29-22-7-5-4-6-8-22/h4-16H,1-3H3,(H,27,29)(H2,28,30,31,32). The zero-order valence-corrected chi connectivity index (χ0v) is 18.3. The lowest BCUT2D eigenvalue weighted by Crippen LogP contribution is -2.21. The van der Waals surface area contributed by atoms with Gasteiger partial charge in [-0.1, -0.05) is 35.9 Å². The largest absolute Gasteiger partial charge is 0.340 e. The Morgan fingerprint density at radius 1 is 0.719 bits per heavy atom. The van der Waals surface area contributed by atoms with E-state index in [1.807, 2.05) is 87.5 Å². The molecular formula is C26H25N5O. The molecule has 2 aromatic carbocycles. The second kappa shape index (κ2) is 9.31. The average Bonchev–Trinajstić information content (AvgIpc) is 2.77. The van der Waals surface area contributed by atoms with E-state index in [1.54, 1.807) is 12.4 Å². The Bertz CT molecular complexity index is 1230. The first-order valence-electron chi connectivity index (χ1n) is 10.4. The Balaban J connectivity index is 1.49. The number of hydrogen-bond acceptors (Lipinski definition) is 4. The van der Waals surface area contributed by atoms with E-state index in [-0.39, 0.29) is 6.03 Å². The van der Waals surface area contributed by atoms with Gasteiger partial charge in [-0.2, -0.15) is 0 Å². The fourth-order valence-electron chi connectivity index (χ4n) is 3.66. The topological polar surface area (TPSA) is 78.9 Å². The highest BCUT2D eigenvalue weighted by Gasteiger charge is 2.10. The Labute approximate surface area is 187 Å². The van der Waals surface area contributed by atoms with Crippen molar-refractivity contribution in [2.45, 2.75) is 20.8 Å². The first kappa shape index (κ1) is 21.1. The van der Waals surface area contributed by atoms with E-state index in [9.17, 15) is 4.79 Å². The molecular weight excluding hydrogens is 398 g/mol. The zero-order valence-electron chi connectivity index (χ0n) is 18.3. The molecule has 0 unspecified atom stereocenters. The van der Waals surface area contributed by atoms with Crippen molar-refractivity contribution in [3.05, 3.63) is 95.8 Å². The molecule has 0 radical (unpaired) electrons. The molecule has 0 bridgehead atoms. The van der Waals surface area contributed by atoms with Crippen molar-refractivity contribution in [2.75, 3.05) is 16.0 Å². The summed E-state index contributed by atoms with van der Waals surface area (Å²) in [7, 11) is 0. The fourth-order valence-corrected chi connectivity index (χ4v) is 3.66. The van der Waals surface area contributed by atoms with Gasteiger partial charge in [0.05, 0.1) is 0 Å². The molecule has 0 aliphatic carbocycles. The summed E-state index contributed by atoms with van der Waals surface area (Å²) in [4.78, 5) is 21.3. The number of benzene rings is 2. The average molecular weight is 424 g/mol. The molecule has 0 fully saturated rings. The smallest absolute Gasteiger partial charge is 0.324 e. The van der Waals surface area contributed by atoms with Gasteiger partial charge in [0.1, 0.15) is 11.6 Å². The van der Waals surface area contributed by atoms with Crippen LogP contribution in [0.1, 0.15) is 16.7 Å². The number of urea groups is 1. The number of amides is 2. The third-order valence-corrected chi connectivity index (χ3v) is 5.06. The summed E-state index contributed by atoms with van der Waals surface area (Å²) in [5, 5.41) is 9.07. The maximum Gasteiger partial charge on any atom is 0.324 e. The third-order valence-electron chi connectivity index (χ3n) is 5.06. The maximum atomic E-state index is 12.6. The van der Waals surface area contributed by atoms with Gasteiger partial charge in [0, 0.05) is 23.8 Å². The van der Waals surface area contributed by atoms with Crippen LogP contribution in [0.15, 0.2) is 79.1 Å². The predicted molar refractivity (Wildman–Crippen MR) is 130 cm³/mol. The lowest BCUT2D eigenvalue weighted by molar-refractivity contribution is 0.262. The first-order valence-corrected chi connectivity index (χ1v) is 10.4. The van der Waals surface area contributed by atoms with Crippen molar-refractivity contribution >= 4 is 29.0 Å². The number of carbonyl (C=O) groups is 1. The SMILES string of the molecule is Cc1cc(C)c(NC(=O)Nc2cc(-c3ccnc(Nc4ccccc4)c3)ccn2)c(C)c1. The summed E-state index contributed by atoms with van der Waals surface area (Å²) in [6, 6.07) is 21.3. The molecule has 2 amide bonds. The van der Waals surface area contributed by atoms with Gasteiger partial charge in [-0.15, -0.1) is 0 Å². The normalized spacial score (nSPS) is 10.5. The van der Waals surface area contributed by atoms with Gasteiger partial charge in [0.25, 0.3) is 0 Å². The number of carbonyl (C=O) groups excluding carboxylic acids is 1. The van der Waals surface area contributed by atoms with Crippen LogP contribution in [0.4, 0.5) is 27.8 Å². The minimum absolute atomic E-state index is 0.328. The van der Waals surface area contributed by atoms with Crippen molar-refractivity contribution < 1.29 is 4.79 Å². The summed E-state index contributed by atoms with van der Waals surface area (Å²) >= 11 is 0. The van der Waals surface area contributed by atoms with E-state index in [1.165, 1.54) is 5.56 Å². The lowest BCUT2D eigenvalue weighted by atomic mass is 10.1. The van der Waals surface area contributed by atoms with E-state index in [4.69, 9.17) is 0 Å². The van der Waals surface area contributed by atoms with E-state index >= 15 is 0 Å². The molecule has 3 N–H and O–H groups in total. The minimum Gasteiger partial charge on any atom is -0.340 e. The molecule has 0 saturated carbocycles. The van der Waals surface area contributed by atoms with Crippen molar-refractivity contribution in [1.82, 2.24) is 9.97 Å². The highest BCUT2D eigenvalue weighted by atomic mass is 16.2. The molecule has 6 heteroatoms. The van der Waals surface area contributed by atoms with Gasteiger partial charge in [0.15, 0.2) is 0 Å². The summed E-state index contributed by atoms with van der Waals surface area (Å²) < 4.78 is 0. The fraction of sp³-hybridized carbons (Fsp3) is 0.115. The van der Waals surface area contributed by atoms with Crippen LogP contribution in [0, 0.1) is 20.8 Å². The number of hydrogen-bond donors (Lipinski definition) is 3. The van der Waals surface area contributed by atoms with Crippen LogP contribution in [-0.2, 0) is 0 Å². The van der Waals surface area contributed by atoms with Gasteiger partial charge < -0.3 is 10.6 Å². The number of nitrogens with zero attached hydrogens (tertiary/aromatic N) is 2. The molecule has 32 heavy (non-hydrogen) atoms. The van der Waals surface area contributed by atoms with Gasteiger partial charge in [-0.25, -0.2) is 14.8 Å². The highest BCUT2D eigenvalue weighted by Crippen LogP contribution is 2.25. The Kier molecular flexibility index (Phi) is 6.12. The van der Waals surface area contributed by atoms with Crippen LogP contribution in [0.2, 0.25) is 0 Å². The second-order valence-corrected chi connectivity index (χ2v) is 7.70. The molecule has 0 aliphatic heterocycles. The second-order valence-electron chi connectivity index (χ2n) is 7.70. The summed E-state index contributed by atoms with van der Waals surface area (Å²) in [6.45, 7) is 6.01. The van der Waals surface area contributed by atoms with E-state index < -0.39 is 0 Å². The number of para-hydroxylation sites is 1.